The zero-order valence-corrected chi connectivity index (χ0v) is 15.1. The number of halogens is 3. The maximum absolute atomic E-state index is 13.1. The number of carbonyl (C=O) groups is 1. The van der Waals surface area contributed by atoms with Crippen LogP contribution >= 0.6 is 0 Å². The molecule has 2 rings (SSSR count). The molecule has 0 unspecified atom stereocenters. The zero-order chi connectivity index (χ0) is 18.6. The van der Waals surface area contributed by atoms with Gasteiger partial charge in [-0.1, -0.05) is 6.07 Å². The van der Waals surface area contributed by atoms with E-state index in [2.05, 4.69) is 4.90 Å². The molecule has 1 heterocycles. The normalized spacial score (nSPS) is 16.2. The number of amides is 1. The Morgan fingerprint density at radius 2 is 1.72 bits per heavy atom. The fourth-order valence-electron chi connectivity index (χ4n) is 3.19. The summed E-state index contributed by atoms with van der Waals surface area (Å²) in [6, 6.07) is 4.01. The quantitative estimate of drug-likeness (QED) is 0.810. The van der Waals surface area contributed by atoms with Crippen molar-refractivity contribution < 1.29 is 18.0 Å². The van der Waals surface area contributed by atoms with Gasteiger partial charge in [-0.15, -0.1) is 0 Å². The van der Waals surface area contributed by atoms with E-state index < -0.39 is 11.7 Å². The second-order valence-electron chi connectivity index (χ2n) is 6.30. The maximum atomic E-state index is 13.1. The summed E-state index contributed by atoms with van der Waals surface area (Å²) in [5, 5.41) is 0. The number of carbonyl (C=O) groups excluding carboxylic acids is 1. The third kappa shape index (κ3) is 4.87. The van der Waals surface area contributed by atoms with Crippen LogP contribution in [0, 0.1) is 0 Å². The van der Waals surface area contributed by atoms with Gasteiger partial charge in [0.15, 0.2) is 0 Å². The van der Waals surface area contributed by atoms with Gasteiger partial charge < -0.3 is 9.80 Å². The van der Waals surface area contributed by atoms with Crippen molar-refractivity contribution in [1.29, 1.82) is 0 Å². The third-order valence-corrected chi connectivity index (χ3v) is 4.73. The highest BCUT2D eigenvalue weighted by molar-refractivity contribution is 5.73. The van der Waals surface area contributed by atoms with Gasteiger partial charge in [-0.2, -0.15) is 13.2 Å². The molecule has 0 N–H and O–H groups in total. The molecule has 25 heavy (non-hydrogen) atoms. The fourth-order valence-corrected chi connectivity index (χ4v) is 3.19. The Kier molecular flexibility index (Phi) is 6.32. The molecule has 1 fully saturated rings. The summed E-state index contributed by atoms with van der Waals surface area (Å²) < 4.78 is 39.2. The van der Waals surface area contributed by atoms with Crippen molar-refractivity contribution in [3.63, 3.8) is 0 Å². The molecule has 0 saturated carbocycles. The highest BCUT2D eigenvalue weighted by atomic mass is 19.4. The van der Waals surface area contributed by atoms with Crippen LogP contribution in [-0.2, 0) is 17.5 Å². The van der Waals surface area contributed by atoms with Crippen molar-refractivity contribution in [2.45, 2.75) is 33.5 Å². The van der Waals surface area contributed by atoms with Gasteiger partial charge >= 0.3 is 6.18 Å². The van der Waals surface area contributed by atoms with E-state index in [0.29, 0.717) is 38.4 Å². The van der Waals surface area contributed by atoms with Crippen LogP contribution in [0.25, 0.3) is 0 Å². The first kappa shape index (κ1) is 19.6. The number of alkyl halides is 3. The van der Waals surface area contributed by atoms with Crippen LogP contribution in [0.1, 0.15) is 31.9 Å². The first-order valence-electron chi connectivity index (χ1n) is 8.69. The van der Waals surface area contributed by atoms with Crippen LogP contribution < -0.4 is 4.90 Å². The zero-order valence-electron chi connectivity index (χ0n) is 15.1. The molecule has 0 bridgehead atoms. The molecule has 1 aliphatic rings. The van der Waals surface area contributed by atoms with Crippen molar-refractivity contribution in [2.24, 2.45) is 0 Å². The number of hydrogen-bond acceptors (Lipinski definition) is 3. The fraction of sp³-hybridized carbons (Fsp3) is 0.611. The van der Waals surface area contributed by atoms with Crippen molar-refractivity contribution in [3.8, 4) is 0 Å². The van der Waals surface area contributed by atoms with Gasteiger partial charge in [0.1, 0.15) is 0 Å². The minimum Gasteiger partial charge on any atom is -0.372 e. The lowest BCUT2D eigenvalue weighted by Gasteiger charge is -2.35. The molecule has 0 aromatic heterocycles. The minimum absolute atomic E-state index is 0.0676. The Labute approximate surface area is 147 Å². The molecule has 0 aliphatic carbocycles. The van der Waals surface area contributed by atoms with Crippen LogP contribution in [-0.4, -0.2) is 55.0 Å². The third-order valence-electron chi connectivity index (χ3n) is 4.73. The van der Waals surface area contributed by atoms with Gasteiger partial charge in [0.25, 0.3) is 0 Å². The molecule has 7 heteroatoms. The Balaban J connectivity index is 2.20. The second kappa shape index (κ2) is 8.08. The number of benzene rings is 1. The van der Waals surface area contributed by atoms with Gasteiger partial charge in [-0.05, 0) is 31.5 Å². The SMILES string of the molecule is CCN(CC)c1cc(C(F)(F)F)ccc1CN1CCN(C(C)=O)CC1. The van der Waals surface area contributed by atoms with Crippen molar-refractivity contribution >= 4 is 11.6 Å². The number of rotatable bonds is 5. The van der Waals surface area contributed by atoms with Gasteiger partial charge in [0, 0.05) is 58.4 Å². The van der Waals surface area contributed by atoms with Gasteiger partial charge in [-0.3, -0.25) is 9.69 Å². The van der Waals surface area contributed by atoms with Crippen LogP contribution in [0.5, 0.6) is 0 Å². The van der Waals surface area contributed by atoms with Crippen molar-refractivity contribution in [1.82, 2.24) is 9.80 Å². The highest BCUT2D eigenvalue weighted by Gasteiger charge is 2.31. The molecular formula is C18H26F3N3O. The largest absolute Gasteiger partial charge is 0.416 e. The standard InChI is InChI=1S/C18H26F3N3O/c1-4-23(5-2)17-12-16(18(19,20)21)7-6-15(17)13-22-8-10-24(11-9-22)14(3)25/h6-7,12H,4-5,8-11,13H2,1-3H3. The average molecular weight is 357 g/mol. The lowest BCUT2D eigenvalue weighted by molar-refractivity contribution is -0.137. The summed E-state index contributed by atoms with van der Waals surface area (Å²) in [4.78, 5) is 17.4. The second-order valence-corrected chi connectivity index (χ2v) is 6.30. The summed E-state index contributed by atoms with van der Waals surface area (Å²) in [7, 11) is 0. The minimum atomic E-state index is -4.34. The van der Waals surface area contributed by atoms with Crippen LogP contribution in [0.3, 0.4) is 0 Å². The first-order chi connectivity index (χ1) is 11.8. The lowest BCUT2D eigenvalue weighted by Crippen LogP contribution is -2.47. The van der Waals surface area contributed by atoms with Crippen molar-refractivity contribution in [2.75, 3.05) is 44.2 Å². The number of anilines is 1. The maximum Gasteiger partial charge on any atom is 0.416 e. The van der Waals surface area contributed by atoms with Crippen molar-refractivity contribution in [3.05, 3.63) is 29.3 Å². The molecule has 0 spiro atoms. The molecule has 140 valence electrons. The molecule has 0 radical (unpaired) electrons. The van der Waals surface area contributed by atoms with Crippen LogP contribution in [0.4, 0.5) is 18.9 Å². The predicted octanol–water partition coefficient (Wildman–Crippen LogP) is 3.22. The number of hydrogen-bond donors (Lipinski definition) is 0. The molecule has 1 aromatic rings. The summed E-state index contributed by atoms with van der Waals surface area (Å²) in [6.45, 7) is 10.1. The molecule has 0 atom stereocenters. The van der Waals surface area contributed by atoms with E-state index in [4.69, 9.17) is 0 Å². The van der Waals surface area contributed by atoms with E-state index in [1.807, 2.05) is 18.7 Å². The topological polar surface area (TPSA) is 26.8 Å². The van der Waals surface area contributed by atoms with E-state index in [1.54, 1.807) is 17.9 Å². The smallest absolute Gasteiger partial charge is 0.372 e. The van der Waals surface area contributed by atoms with E-state index in [1.165, 1.54) is 6.07 Å². The summed E-state index contributed by atoms with van der Waals surface area (Å²) >= 11 is 0. The van der Waals surface area contributed by atoms with E-state index in [-0.39, 0.29) is 5.91 Å². The Morgan fingerprint density at radius 3 is 2.20 bits per heavy atom. The molecule has 1 aliphatic heterocycles. The van der Waals surface area contributed by atoms with E-state index in [9.17, 15) is 18.0 Å². The van der Waals surface area contributed by atoms with E-state index >= 15 is 0 Å². The van der Waals surface area contributed by atoms with E-state index in [0.717, 1.165) is 24.7 Å². The Morgan fingerprint density at radius 1 is 1.12 bits per heavy atom. The summed E-state index contributed by atoms with van der Waals surface area (Å²) in [5.74, 6) is 0.0676. The predicted molar refractivity (Wildman–Crippen MR) is 92.5 cm³/mol. The highest BCUT2D eigenvalue weighted by Crippen LogP contribution is 2.34. The number of nitrogens with zero attached hydrogens (tertiary/aromatic N) is 3. The van der Waals surface area contributed by atoms with Crippen LogP contribution in [0.15, 0.2) is 18.2 Å². The molecule has 1 amide bonds. The number of piperazine rings is 1. The summed E-state index contributed by atoms with van der Waals surface area (Å²) in [5.41, 5.74) is 0.932. The lowest BCUT2D eigenvalue weighted by atomic mass is 10.1. The first-order valence-corrected chi connectivity index (χ1v) is 8.69. The Hall–Kier alpha value is -1.76. The van der Waals surface area contributed by atoms with Gasteiger partial charge in [0.05, 0.1) is 5.56 Å². The monoisotopic (exact) mass is 357 g/mol. The average Bonchev–Trinajstić information content (AvgIpc) is 2.56. The molecule has 4 nitrogen and oxygen atoms in total. The van der Waals surface area contributed by atoms with Gasteiger partial charge in [-0.25, -0.2) is 0 Å². The Bertz CT molecular complexity index is 592. The molecular weight excluding hydrogens is 331 g/mol. The molecule has 1 aromatic carbocycles. The van der Waals surface area contributed by atoms with Crippen LogP contribution in [0.2, 0.25) is 0 Å². The summed E-state index contributed by atoms with van der Waals surface area (Å²) in [6.07, 6.45) is -4.34. The van der Waals surface area contributed by atoms with Gasteiger partial charge in [0.2, 0.25) is 5.91 Å². The molecule has 1 saturated heterocycles.